The van der Waals surface area contributed by atoms with E-state index in [1.165, 1.54) is 0 Å². The summed E-state index contributed by atoms with van der Waals surface area (Å²) in [4.78, 5) is 10.2. The molecule has 0 aliphatic heterocycles. The number of nitrogens with one attached hydrogen (secondary N) is 1. The van der Waals surface area contributed by atoms with Crippen molar-refractivity contribution in [3.63, 3.8) is 0 Å². The van der Waals surface area contributed by atoms with E-state index in [0.717, 1.165) is 6.42 Å². The number of carboxylic acid groups (broad SMARTS) is 1. The van der Waals surface area contributed by atoms with Gasteiger partial charge in [-0.05, 0) is 19.3 Å². The van der Waals surface area contributed by atoms with Gasteiger partial charge < -0.3 is 5.11 Å². The number of aliphatic carboxylic acids is 1. The highest BCUT2D eigenvalue weighted by Gasteiger charge is 2.16. The van der Waals surface area contributed by atoms with Crippen LogP contribution in [0.3, 0.4) is 0 Å². The van der Waals surface area contributed by atoms with Crippen LogP contribution in [0.5, 0.6) is 0 Å². The molecule has 0 aromatic heterocycles. The Morgan fingerprint density at radius 3 is 2.27 bits per heavy atom. The Labute approximate surface area is 90.9 Å². The van der Waals surface area contributed by atoms with Crippen LogP contribution in [-0.2, 0) is 14.8 Å². The zero-order valence-electron chi connectivity index (χ0n) is 9.36. The number of hydrogen-bond acceptors (Lipinski definition) is 3. The molecule has 0 rings (SSSR count). The van der Waals surface area contributed by atoms with Crippen molar-refractivity contribution < 1.29 is 18.3 Å². The van der Waals surface area contributed by atoms with Crippen LogP contribution in [0.2, 0.25) is 0 Å². The molecule has 5 nitrogen and oxygen atoms in total. The van der Waals surface area contributed by atoms with Gasteiger partial charge in [0.05, 0.1) is 12.2 Å². The molecule has 2 N–H and O–H groups in total. The number of sulfonamides is 1. The topological polar surface area (TPSA) is 83.5 Å². The van der Waals surface area contributed by atoms with E-state index in [2.05, 4.69) is 4.72 Å². The lowest BCUT2D eigenvalue weighted by Gasteiger charge is -2.15. The molecule has 0 saturated heterocycles. The number of carbonyl (C=O) groups is 1. The molecule has 1 atom stereocenters. The predicted molar refractivity (Wildman–Crippen MR) is 58.1 cm³/mol. The van der Waals surface area contributed by atoms with Crippen LogP contribution in [0.15, 0.2) is 0 Å². The first-order valence-corrected chi connectivity index (χ1v) is 6.60. The minimum atomic E-state index is -3.45. The van der Waals surface area contributed by atoms with Crippen LogP contribution in [0.25, 0.3) is 0 Å². The summed E-state index contributed by atoms with van der Waals surface area (Å²) >= 11 is 0. The van der Waals surface area contributed by atoms with E-state index in [0.29, 0.717) is 5.92 Å². The van der Waals surface area contributed by atoms with Crippen LogP contribution in [-0.4, -0.2) is 31.3 Å². The van der Waals surface area contributed by atoms with Crippen molar-refractivity contribution in [2.24, 2.45) is 5.92 Å². The quantitative estimate of drug-likeness (QED) is 0.686. The van der Waals surface area contributed by atoms with Crippen molar-refractivity contribution in [2.75, 3.05) is 5.75 Å². The fraction of sp³-hybridized carbons (Fsp3) is 0.889. The molecule has 0 amide bonds. The van der Waals surface area contributed by atoms with Crippen LogP contribution >= 0.6 is 0 Å². The molecule has 6 heteroatoms. The highest BCUT2D eigenvalue weighted by molar-refractivity contribution is 7.89. The molecule has 15 heavy (non-hydrogen) atoms. The Hall–Kier alpha value is -0.620. The molecule has 0 aliphatic carbocycles. The highest BCUT2D eigenvalue weighted by Crippen LogP contribution is 2.05. The maximum atomic E-state index is 11.4. The Bertz CT molecular complexity index is 297. The second-order valence-corrected chi connectivity index (χ2v) is 5.98. The molecule has 0 radical (unpaired) electrons. The van der Waals surface area contributed by atoms with Gasteiger partial charge in [-0.1, -0.05) is 13.8 Å². The Morgan fingerprint density at radius 2 is 1.87 bits per heavy atom. The fourth-order valence-corrected chi connectivity index (χ4v) is 2.61. The summed E-state index contributed by atoms with van der Waals surface area (Å²) in [5.41, 5.74) is 0. The zero-order chi connectivity index (χ0) is 12.1. The van der Waals surface area contributed by atoms with Crippen LogP contribution < -0.4 is 4.72 Å². The smallest absolute Gasteiger partial charge is 0.304 e. The molecule has 0 aliphatic rings. The van der Waals surface area contributed by atoms with Gasteiger partial charge in [0.1, 0.15) is 0 Å². The standard InChI is InChI=1S/C9H19NO4S/c1-7(2)6-8(3)10-15(13,14)5-4-9(11)12/h7-8,10H,4-6H2,1-3H3,(H,11,12). The largest absolute Gasteiger partial charge is 0.481 e. The molecule has 0 bridgehead atoms. The van der Waals surface area contributed by atoms with Crippen LogP contribution in [0, 0.1) is 5.92 Å². The van der Waals surface area contributed by atoms with Crippen molar-refractivity contribution in [1.29, 1.82) is 0 Å². The zero-order valence-corrected chi connectivity index (χ0v) is 10.2. The number of rotatable bonds is 7. The third-order valence-electron chi connectivity index (χ3n) is 1.79. The molecule has 0 heterocycles. The first kappa shape index (κ1) is 14.4. The van der Waals surface area contributed by atoms with E-state index in [4.69, 9.17) is 5.11 Å². The molecule has 90 valence electrons. The van der Waals surface area contributed by atoms with Crippen LogP contribution in [0.1, 0.15) is 33.6 Å². The van der Waals surface area contributed by atoms with Crippen molar-refractivity contribution in [2.45, 2.75) is 39.7 Å². The van der Waals surface area contributed by atoms with E-state index in [9.17, 15) is 13.2 Å². The van der Waals surface area contributed by atoms with Gasteiger partial charge in [-0.15, -0.1) is 0 Å². The van der Waals surface area contributed by atoms with E-state index in [-0.39, 0.29) is 18.2 Å². The summed E-state index contributed by atoms with van der Waals surface area (Å²) in [7, 11) is -3.45. The minimum Gasteiger partial charge on any atom is -0.481 e. The summed E-state index contributed by atoms with van der Waals surface area (Å²) in [6, 6.07) is -0.149. The van der Waals surface area contributed by atoms with E-state index in [1.807, 2.05) is 13.8 Å². The predicted octanol–water partition coefficient (Wildman–Crippen LogP) is 0.815. The Kier molecular flexibility index (Phi) is 5.82. The van der Waals surface area contributed by atoms with Gasteiger partial charge in [0.2, 0.25) is 10.0 Å². The summed E-state index contributed by atoms with van der Waals surface area (Å²) < 4.78 is 25.2. The lowest BCUT2D eigenvalue weighted by atomic mass is 10.1. The lowest BCUT2D eigenvalue weighted by molar-refractivity contribution is -0.136. The first-order valence-electron chi connectivity index (χ1n) is 4.94. The maximum Gasteiger partial charge on any atom is 0.304 e. The first-order chi connectivity index (χ1) is 6.73. The van der Waals surface area contributed by atoms with Gasteiger partial charge in [0.25, 0.3) is 0 Å². The molecule has 0 aromatic carbocycles. The number of carboxylic acids is 1. The van der Waals surface area contributed by atoms with Gasteiger partial charge in [-0.2, -0.15) is 0 Å². The number of hydrogen-bond donors (Lipinski definition) is 2. The van der Waals surface area contributed by atoms with Gasteiger partial charge in [-0.25, -0.2) is 13.1 Å². The van der Waals surface area contributed by atoms with Crippen molar-refractivity contribution in [1.82, 2.24) is 4.72 Å². The van der Waals surface area contributed by atoms with E-state index >= 15 is 0 Å². The van der Waals surface area contributed by atoms with Gasteiger partial charge in [0, 0.05) is 6.04 Å². The van der Waals surface area contributed by atoms with E-state index < -0.39 is 16.0 Å². The lowest BCUT2D eigenvalue weighted by Crippen LogP contribution is -2.35. The average Bonchev–Trinajstić information content (AvgIpc) is 1.98. The monoisotopic (exact) mass is 237 g/mol. The average molecular weight is 237 g/mol. The van der Waals surface area contributed by atoms with Gasteiger partial charge in [0.15, 0.2) is 0 Å². The maximum absolute atomic E-state index is 11.4. The third-order valence-corrected chi connectivity index (χ3v) is 3.29. The van der Waals surface area contributed by atoms with Crippen molar-refractivity contribution >= 4 is 16.0 Å². The third kappa shape index (κ3) is 8.38. The normalized spacial score (nSPS) is 14.1. The molecule has 0 fully saturated rings. The molecule has 0 aromatic rings. The van der Waals surface area contributed by atoms with Crippen molar-refractivity contribution in [3.05, 3.63) is 0 Å². The molecule has 0 saturated carbocycles. The molecular weight excluding hydrogens is 218 g/mol. The summed E-state index contributed by atoms with van der Waals surface area (Å²) in [6.07, 6.45) is 0.385. The summed E-state index contributed by atoms with van der Waals surface area (Å²) in [5.74, 6) is -1.05. The summed E-state index contributed by atoms with van der Waals surface area (Å²) in [6.45, 7) is 5.78. The highest BCUT2D eigenvalue weighted by atomic mass is 32.2. The second-order valence-electron chi connectivity index (χ2n) is 4.11. The summed E-state index contributed by atoms with van der Waals surface area (Å²) in [5, 5.41) is 8.36. The van der Waals surface area contributed by atoms with E-state index in [1.54, 1.807) is 6.92 Å². The van der Waals surface area contributed by atoms with Gasteiger partial charge in [-0.3, -0.25) is 4.79 Å². The van der Waals surface area contributed by atoms with Gasteiger partial charge >= 0.3 is 5.97 Å². The second kappa shape index (κ2) is 6.07. The molecular formula is C9H19NO4S. The molecule has 1 unspecified atom stereocenters. The fourth-order valence-electron chi connectivity index (χ4n) is 1.34. The van der Waals surface area contributed by atoms with Crippen molar-refractivity contribution in [3.8, 4) is 0 Å². The van der Waals surface area contributed by atoms with Crippen LogP contribution in [0.4, 0.5) is 0 Å². The Morgan fingerprint density at radius 1 is 1.33 bits per heavy atom. The minimum absolute atomic E-state index is 0.149. The Balaban J connectivity index is 4.08. The molecule has 0 spiro atoms. The SMILES string of the molecule is CC(C)CC(C)NS(=O)(=O)CCC(=O)O.